The second-order valence-corrected chi connectivity index (χ2v) is 4.73. The van der Waals surface area contributed by atoms with E-state index >= 15 is 0 Å². The second-order valence-electron chi connectivity index (χ2n) is 4.73. The summed E-state index contributed by atoms with van der Waals surface area (Å²) >= 11 is 0. The molecule has 18 heavy (non-hydrogen) atoms. The number of rotatable bonds is 4. The Balaban J connectivity index is 1.63. The minimum absolute atomic E-state index is 0.0520. The lowest BCUT2D eigenvalue weighted by atomic mass is 10.1. The molecule has 3 nitrogen and oxygen atoms in total. The smallest absolute Gasteiger partial charge is 0.105 e. The van der Waals surface area contributed by atoms with Gasteiger partial charge in [-0.2, -0.15) is 0 Å². The summed E-state index contributed by atoms with van der Waals surface area (Å²) in [5.74, 6) is 0.975. The number of hydrogen-bond donors (Lipinski definition) is 2. The van der Waals surface area contributed by atoms with Crippen LogP contribution in [-0.2, 0) is 12.8 Å². The first kappa shape index (κ1) is 11.5. The summed E-state index contributed by atoms with van der Waals surface area (Å²) in [5.41, 5.74) is 2.48. The Morgan fingerprint density at radius 3 is 2.94 bits per heavy atom. The van der Waals surface area contributed by atoms with Crippen molar-refractivity contribution in [3.05, 3.63) is 59.5 Å². The minimum Gasteiger partial charge on any atom is -0.469 e. The van der Waals surface area contributed by atoms with E-state index in [2.05, 4.69) is 17.4 Å². The molecular formula is C15H17NO2. The van der Waals surface area contributed by atoms with E-state index in [0.29, 0.717) is 0 Å². The highest BCUT2D eigenvalue weighted by molar-refractivity contribution is 5.36. The first-order valence-corrected chi connectivity index (χ1v) is 6.36. The van der Waals surface area contributed by atoms with Gasteiger partial charge in [-0.15, -0.1) is 0 Å². The van der Waals surface area contributed by atoms with Crippen molar-refractivity contribution in [2.24, 2.45) is 0 Å². The van der Waals surface area contributed by atoms with Crippen LogP contribution < -0.4 is 5.32 Å². The summed E-state index contributed by atoms with van der Waals surface area (Å²) in [4.78, 5) is 0. The molecule has 1 aliphatic rings. The third kappa shape index (κ3) is 2.19. The summed E-state index contributed by atoms with van der Waals surface area (Å²) in [7, 11) is 0. The molecule has 3 heteroatoms. The van der Waals surface area contributed by atoms with Gasteiger partial charge in [0, 0.05) is 19.4 Å². The summed E-state index contributed by atoms with van der Waals surface area (Å²) in [6.45, 7) is 0.809. The highest BCUT2D eigenvalue weighted by atomic mass is 16.3. The largest absolute Gasteiger partial charge is 0.469 e. The van der Waals surface area contributed by atoms with E-state index < -0.39 is 0 Å². The van der Waals surface area contributed by atoms with Gasteiger partial charge in [0.1, 0.15) is 5.76 Å². The molecule has 0 spiro atoms. The number of aliphatic hydroxyl groups excluding tert-OH is 1. The molecule has 2 unspecified atom stereocenters. The van der Waals surface area contributed by atoms with Gasteiger partial charge >= 0.3 is 0 Å². The van der Waals surface area contributed by atoms with Crippen molar-refractivity contribution >= 4 is 0 Å². The highest BCUT2D eigenvalue weighted by Crippen LogP contribution is 2.30. The van der Waals surface area contributed by atoms with Gasteiger partial charge in [-0.1, -0.05) is 24.3 Å². The molecule has 1 aliphatic carbocycles. The van der Waals surface area contributed by atoms with E-state index in [0.717, 1.165) is 25.1 Å². The maximum Gasteiger partial charge on any atom is 0.105 e. The zero-order valence-corrected chi connectivity index (χ0v) is 10.2. The molecule has 0 bridgehead atoms. The van der Waals surface area contributed by atoms with Crippen LogP contribution in [0.15, 0.2) is 47.1 Å². The van der Waals surface area contributed by atoms with Crippen LogP contribution in [-0.4, -0.2) is 17.8 Å². The maximum absolute atomic E-state index is 10.1. The number of hydrogen-bond acceptors (Lipinski definition) is 3. The molecule has 2 aromatic rings. The average molecular weight is 243 g/mol. The molecule has 0 radical (unpaired) electrons. The monoisotopic (exact) mass is 243 g/mol. The molecule has 0 fully saturated rings. The Hall–Kier alpha value is -1.58. The van der Waals surface area contributed by atoms with E-state index in [-0.39, 0.29) is 12.1 Å². The third-order valence-corrected chi connectivity index (χ3v) is 3.52. The van der Waals surface area contributed by atoms with E-state index in [9.17, 15) is 5.11 Å². The van der Waals surface area contributed by atoms with Gasteiger partial charge in [-0.3, -0.25) is 0 Å². The van der Waals surface area contributed by atoms with Gasteiger partial charge < -0.3 is 14.8 Å². The Kier molecular flexibility index (Phi) is 3.17. The van der Waals surface area contributed by atoms with Gasteiger partial charge in [0.05, 0.1) is 18.4 Å². The van der Waals surface area contributed by atoms with Crippen LogP contribution >= 0.6 is 0 Å². The molecule has 2 atom stereocenters. The van der Waals surface area contributed by atoms with E-state index in [1.165, 1.54) is 11.1 Å². The summed E-state index contributed by atoms with van der Waals surface area (Å²) in [5, 5.41) is 13.5. The van der Waals surface area contributed by atoms with Crippen molar-refractivity contribution in [2.75, 3.05) is 6.54 Å². The first-order chi connectivity index (χ1) is 8.84. The van der Waals surface area contributed by atoms with Crippen molar-refractivity contribution in [3.63, 3.8) is 0 Å². The number of nitrogens with one attached hydrogen (secondary N) is 1. The summed E-state index contributed by atoms with van der Waals surface area (Å²) in [6, 6.07) is 12.2. The molecule has 0 saturated carbocycles. The fraction of sp³-hybridized carbons (Fsp3) is 0.333. The molecule has 2 N–H and O–H groups in total. The highest BCUT2D eigenvalue weighted by Gasteiger charge is 2.29. The zero-order chi connectivity index (χ0) is 12.4. The molecule has 3 rings (SSSR count). The van der Waals surface area contributed by atoms with Crippen LogP contribution in [0, 0.1) is 0 Å². The van der Waals surface area contributed by atoms with Crippen LogP contribution in [0.4, 0.5) is 0 Å². The maximum atomic E-state index is 10.1. The molecule has 1 aromatic carbocycles. The standard InChI is InChI=1S/C15H17NO2/c17-14-10-11-4-1-2-6-13(11)15(14)16-8-7-12-5-3-9-18-12/h1-6,9,14-17H,7-8,10H2. The van der Waals surface area contributed by atoms with Crippen LogP contribution in [0.5, 0.6) is 0 Å². The summed E-state index contributed by atoms with van der Waals surface area (Å²) in [6.07, 6.45) is 2.96. The lowest BCUT2D eigenvalue weighted by Gasteiger charge is -2.17. The lowest BCUT2D eigenvalue weighted by Crippen LogP contribution is -2.30. The van der Waals surface area contributed by atoms with Gasteiger partial charge in [0.15, 0.2) is 0 Å². The van der Waals surface area contributed by atoms with Gasteiger partial charge in [-0.25, -0.2) is 0 Å². The van der Waals surface area contributed by atoms with E-state index in [1.54, 1.807) is 6.26 Å². The molecule has 0 amide bonds. The summed E-state index contributed by atoms with van der Waals surface area (Å²) < 4.78 is 5.29. The number of benzene rings is 1. The van der Waals surface area contributed by atoms with Gasteiger partial charge in [0.2, 0.25) is 0 Å². The molecule has 1 aromatic heterocycles. The van der Waals surface area contributed by atoms with Crippen molar-refractivity contribution in [1.29, 1.82) is 0 Å². The number of aliphatic hydroxyl groups is 1. The molecule has 0 saturated heterocycles. The van der Waals surface area contributed by atoms with Crippen LogP contribution in [0.2, 0.25) is 0 Å². The van der Waals surface area contributed by atoms with E-state index in [4.69, 9.17) is 4.42 Å². The lowest BCUT2D eigenvalue weighted by molar-refractivity contribution is 0.141. The molecular weight excluding hydrogens is 226 g/mol. The van der Waals surface area contributed by atoms with Crippen molar-refractivity contribution in [1.82, 2.24) is 5.32 Å². The number of fused-ring (bicyclic) bond motifs is 1. The Labute approximate surface area is 106 Å². The van der Waals surface area contributed by atoms with Crippen LogP contribution in [0.1, 0.15) is 22.9 Å². The topological polar surface area (TPSA) is 45.4 Å². The quantitative estimate of drug-likeness (QED) is 0.864. The predicted octanol–water partition coefficient (Wildman–Crippen LogP) is 2.07. The third-order valence-electron chi connectivity index (χ3n) is 3.52. The fourth-order valence-electron chi connectivity index (χ4n) is 2.63. The van der Waals surface area contributed by atoms with Crippen molar-refractivity contribution < 1.29 is 9.52 Å². The van der Waals surface area contributed by atoms with Crippen LogP contribution in [0.25, 0.3) is 0 Å². The second kappa shape index (κ2) is 4.96. The number of furan rings is 1. The Bertz CT molecular complexity index is 507. The van der Waals surface area contributed by atoms with Crippen molar-refractivity contribution in [2.45, 2.75) is 25.0 Å². The molecule has 94 valence electrons. The fourth-order valence-corrected chi connectivity index (χ4v) is 2.63. The zero-order valence-electron chi connectivity index (χ0n) is 10.2. The van der Waals surface area contributed by atoms with E-state index in [1.807, 2.05) is 24.3 Å². The van der Waals surface area contributed by atoms with Crippen LogP contribution in [0.3, 0.4) is 0 Å². The average Bonchev–Trinajstić information content (AvgIpc) is 2.98. The van der Waals surface area contributed by atoms with Gasteiger partial charge in [0.25, 0.3) is 0 Å². The van der Waals surface area contributed by atoms with Gasteiger partial charge in [-0.05, 0) is 23.3 Å². The predicted molar refractivity (Wildman–Crippen MR) is 69.3 cm³/mol. The SMILES string of the molecule is OC1Cc2ccccc2C1NCCc1ccco1. The molecule has 1 heterocycles. The first-order valence-electron chi connectivity index (χ1n) is 6.36. The van der Waals surface area contributed by atoms with Crippen molar-refractivity contribution in [3.8, 4) is 0 Å². The minimum atomic E-state index is -0.320. The normalized spacial score (nSPS) is 22.1. The molecule has 0 aliphatic heterocycles. The Morgan fingerprint density at radius 1 is 1.22 bits per heavy atom. The Morgan fingerprint density at radius 2 is 2.11 bits per heavy atom.